The Morgan fingerprint density at radius 2 is 1.59 bits per heavy atom. The fourth-order valence-corrected chi connectivity index (χ4v) is 1.26. The minimum Gasteiger partial charge on any atom is -0.493 e. The molecule has 1 aromatic rings. The van der Waals surface area contributed by atoms with E-state index in [0.29, 0.717) is 30.5 Å². The third-order valence-electron chi connectivity index (χ3n) is 2.10. The van der Waals surface area contributed by atoms with Gasteiger partial charge in [-0.3, -0.25) is 0 Å². The Morgan fingerprint density at radius 3 is 2.12 bits per heavy atom. The second-order valence-electron chi connectivity index (χ2n) is 3.15. The first kappa shape index (κ1) is 13.6. The number of ether oxygens (including phenoxy) is 5. The van der Waals surface area contributed by atoms with Crippen LogP contribution in [0.15, 0.2) is 18.2 Å². The van der Waals surface area contributed by atoms with E-state index in [4.69, 9.17) is 23.7 Å². The van der Waals surface area contributed by atoms with Gasteiger partial charge in [-0.1, -0.05) is 6.07 Å². The van der Waals surface area contributed by atoms with Crippen molar-refractivity contribution in [3.8, 4) is 17.2 Å². The lowest BCUT2D eigenvalue weighted by atomic mass is 10.3. The van der Waals surface area contributed by atoms with Crippen LogP contribution >= 0.6 is 0 Å². The number of para-hydroxylation sites is 1. The molecule has 5 nitrogen and oxygen atoms in total. The van der Waals surface area contributed by atoms with E-state index < -0.39 is 0 Å². The molecular weight excluding hydrogens is 224 g/mol. The highest BCUT2D eigenvalue weighted by atomic mass is 16.7. The molecule has 96 valence electrons. The van der Waals surface area contributed by atoms with Gasteiger partial charge in [-0.05, 0) is 12.1 Å². The highest BCUT2D eigenvalue weighted by Crippen LogP contribution is 2.36. The molecule has 0 spiro atoms. The minimum absolute atomic E-state index is 0.125. The zero-order valence-electron chi connectivity index (χ0n) is 10.4. The Balaban J connectivity index is 2.55. The molecule has 0 radical (unpaired) electrons. The van der Waals surface area contributed by atoms with Crippen molar-refractivity contribution in [2.24, 2.45) is 0 Å². The van der Waals surface area contributed by atoms with Gasteiger partial charge in [0.05, 0.1) is 27.4 Å². The molecule has 0 aliphatic rings. The van der Waals surface area contributed by atoms with Crippen molar-refractivity contribution in [1.29, 1.82) is 0 Å². The second kappa shape index (κ2) is 7.76. The lowest BCUT2D eigenvalue weighted by Crippen LogP contribution is -2.08. The third-order valence-corrected chi connectivity index (χ3v) is 2.10. The maximum absolute atomic E-state index is 5.47. The summed E-state index contributed by atoms with van der Waals surface area (Å²) in [6, 6.07) is 5.43. The topological polar surface area (TPSA) is 46.2 Å². The molecular formula is C12H18O5. The molecule has 17 heavy (non-hydrogen) atoms. The lowest BCUT2D eigenvalue weighted by Gasteiger charge is -2.13. The van der Waals surface area contributed by atoms with E-state index in [9.17, 15) is 0 Å². The monoisotopic (exact) mass is 242 g/mol. The Bertz CT molecular complexity index is 304. The molecule has 0 saturated carbocycles. The van der Waals surface area contributed by atoms with Crippen molar-refractivity contribution in [2.45, 2.75) is 0 Å². The van der Waals surface area contributed by atoms with Crippen LogP contribution < -0.4 is 14.2 Å². The summed E-state index contributed by atoms with van der Waals surface area (Å²) in [4.78, 5) is 0. The van der Waals surface area contributed by atoms with E-state index in [1.165, 1.54) is 0 Å². The zero-order chi connectivity index (χ0) is 12.5. The van der Waals surface area contributed by atoms with Gasteiger partial charge in [0, 0.05) is 7.11 Å². The van der Waals surface area contributed by atoms with Crippen LogP contribution in [0.25, 0.3) is 0 Å². The summed E-state index contributed by atoms with van der Waals surface area (Å²) < 4.78 is 25.9. The van der Waals surface area contributed by atoms with E-state index in [-0.39, 0.29) is 6.79 Å². The largest absolute Gasteiger partial charge is 0.493 e. The van der Waals surface area contributed by atoms with Crippen LogP contribution in [-0.4, -0.2) is 41.3 Å². The van der Waals surface area contributed by atoms with Gasteiger partial charge >= 0.3 is 0 Å². The first-order chi connectivity index (χ1) is 8.33. The highest BCUT2D eigenvalue weighted by molar-refractivity contribution is 5.50. The summed E-state index contributed by atoms with van der Waals surface area (Å²) in [6.45, 7) is 1.14. The SMILES string of the molecule is COCCOCOc1c(OC)cccc1OC. The molecule has 0 amide bonds. The van der Waals surface area contributed by atoms with E-state index >= 15 is 0 Å². The lowest BCUT2D eigenvalue weighted by molar-refractivity contribution is -0.0105. The summed E-state index contributed by atoms with van der Waals surface area (Å²) in [5.74, 6) is 1.76. The minimum atomic E-state index is 0.125. The van der Waals surface area contributed by atoms with Gasteiger partial charge in [-0.25, -0.2) is 0 Å². The van der Waals surface area contributed by atoms with Crippen molar-refractivity contribution < 1.29 is 23.7 Å². The first-order valence-electron chi connectivity index (χ1n) is 5.24. The van der Waals surface area contributed by atoms with Crippen LogP contribution in [0.3, 0.4) is 0 Å². The van der Waals surface area contributed by atoms with E-state index in [2.05, 4.69) is 0 Å². The summed E-state index contributed by atoms with van der Waals surface area (Å²) in [5.41, 5.74) is 0. The number of methoxy groups -OCH3 is 3. The second-order valence-corrected chi connectivity index (χ2v) is 3.15. The number of benzene rings is 1. The van der Waals surface area contributed by atoms with Gasteiger partial charge < -0.3 is 23.7 Å². The molecule has 0 fully saturated rings. The summed E-state index contributed by atoms with van der Waals surface area (Å²) in [7, 11) is 4.77. The van der Waals surface area contributed by atoms with Crippen molar-refractivity contribution in [1.82, 2.24) is 0 Å². The van der Waals surface area contributed by atoms with Crippen LogP contribution in [0, 0.1) is 0 Å². The van der Waals surface area contributed by atoms with Gasteiger partial charge in [0.15, 0.2) is 18.3 Å². The molecule has 1 aromatic carbocycles. The number of hydrogen-bond acceptors (Lipinski definition) is 5. The van der Waals surface area contributed by atoms with Crippen LogP contribution in [0.1, 0.15) is 0 Å². The predicted octanol–water partition coefficient (Wildman–Crippen LogP) is 1.70. The molecule has 0 aliphatic heterocycles. The van der Waals surface area contributed by atoms with Crippen molar-refractivity contribution >= 4 is 0 Å². The van der Waals surface area contributed by atoms with E-state index in [1.807, 2.05) is 6.07 Å². The maximum Gasteiger partial charge on any atom is 0.206 e. The predicted molar refractivity (Wildman–Crippen MR) is 62.9 cm³/mol. The summed E-state index contributed by atoms with van der Waals surface area (Å²) >= 11 is 0. The molecule has 0 N–H and O–H groups in total. The molecule has 0 aliphatic carbocycles. The van der Waals surface area contributed by atoms with E-state index in [1.54, 1.807) is 33.5 Å². The molecule has 0 aromatic heterocycles. The van der Waals surface area contributed by atoms with Crippen molar-refractivity contribution in [3.63, 3.8) is 0 Å². The van der Waals surface area contributed by atoms with Crippen molar-refractivity contribution in [3.05, 3.63) is 18.2 Å². The molecule has 0 atom stereocenters. The highest BCUT2D eigenvalue weighted by Gasteiger charge is 2.10. The summed E-state index contributed by atoms with van der Waals surface area (Å²) in [5, 5.41) is 0. The first-order valence-corrected chi connectivity index (χ1v) is 5.24. The van der Waals surface area contributed by atoms with Crippen LogP contribution in [0.5, 0.6) is 17.2 Å². The number of hydrogen-bond donors (Lipinski definition) is 0. The summed E-state index contributed by atoms with van der Waals surface area (Å²) in [6.07, 6.45) is 0. The standard InChI is InChI=1S/C12H18O5/c1-13-7-8-16-9-17-12-10(14-2)5-4-6-11(12)15-3/h4-6H,7-9H2,1-3H3. The Labute approximate surface area is 101 Å². The Hall–Kier alpha value is -1.46. The zero-order valence-corrected chi connectivity index (χ0v) is 10.4. The molecule has 0 heterocycles. The average molecular weight is 242 g/mol. The third kappa shape index (κ3) is 4.13. The average Bonchev–Trinajstić information content (AvgIpc) is 2.38. The molecule has 1 rings (SSSR count). The van der Waals surface area contributed by atoms with Gasteiger partial charge in [0.2, 0.25) is 5.75 Å². The van der Waals surface area contributed by atoms with E-state index in [0.717, 1.165) is 0 Å². The van der Waals surface area contributed by atoms with Gasteiger partial charge in [0.1, 0.15) is 0 Å². The molecule has 0 saturated heterocycles. The molecule has 0 unspecified atom stereocenters. The fourth-order valence-electron chi connectivity index (χ4n) is 1.26. The smallest absolute Gasteiger partial charge is 0.206 e. The molecule has 0 bridgehead atoms. The van der Waals surface area contributed by atoms with Crippen LogP contribution in [0.2, 0.25) is 0 Å². The Morgan fingerprint density at radius 1 is 0.941 bits per heavy atom. The van der Waals surface area contributed by atoms with Crippen LogP contribution in [-0.2, 0) is 9.47 Å². The quantitative estimate of drug-likeness (QED) is 0.513. The number of rotatable bonds is 8. The normalized spacial score (nSPS) is 10.1. The fraction of sp³-hybridized carbons (Fsp3) is 0.500. The Kier molecular flexibility index (Phi) is 6.21. The van der Waals surface area contributed by atoms with Gasteiger partial charge in [-0.15, -0.1) is 0 Å². The van der Waals surface area contributed by atoms with Crippen molar-refractivity contribution in [2.75, 3.05) is 41.3 Å². The van der Waals surface area contributed by atoms with Gasteiger partial charge in [0.25, 0.3) is 0 Å². The molecule has 5 heteroatoms. The maximum atomic E-state index is 5.47. The van der Waals surface area contributed by atoms with Crippen LogP contribution in [0.4, 0.5) is 0 Å². The van der Waals surface area contributed by atoms with Gasteiger partial charge in [-0.2, -0.15) is 0 Å².